The second-order valence-corrected chi connectivity index (χ2v) is 4.87. The third kappa shape index (κ3) is 6.42. The highest BCUT2D eigenvalue weighted by atomic mass is 14.9. The minimum atomic E-state index is 0.740. The van der Waals surface area contributed by atoms with Crippen molar-refractivity contribution in [2.75, 3.05) is 6.54 Å². The maximum atomic E-state index is 3.61. The summed E-state index contributed by atoms with van der Waals surface area (Å²) in [5, 5.41) is 3.61. The molecule has 1 nitrogen and oxygen atoms in total. The van der Waals surface area contributed by atoms with Gasteiger partial charge in [-0.2, -0.15) is 0 Å². The quantitative estimate of drug-likeness (QED) is 0.626. The molecule has 0 amide bonds. The van der Waals surface area contributed by atoms with Gasteiger partial charge in [-0.3, -0.25) is 0 Å². The lowest BCUT2D eigenvalue weighted by atomic mass is 9.93. The van der Waals surface area contributed by atoms with Crippen molar-refractivity contribution in [1.29, 1.82) is 0 Å². The van der Waals surface area contributed by atoms with Gasteiger partial charge in [0.15, 0.2) is 0 Å². The van der Waals surface area contributed by atoms with E-state index in [4.69, 9.17) is 0 Å². The molecule has 0 bridgehead atoms. The molecule has 2 atom stereocenters. The van der Waals surface area contributed by atoms with Crippen molar-refractivity contribution in [2.45, 2.75) is 66.3 Å². The van der Waals surface area contributed by atoms with Crippen LogP contribution in [0.25, 0.3) is 0 Å². The van der Waals surface area contributed by atoms with Crippen molar-refractivity contribution in [1.82, 2.24) is 5.32 Å². The lowest BCUT2D eigenvalue weighted by Gasteiger charge is -2.24. The van der Waals surface area contributed by atoms with E-state index in [-0.39, 0.29) is 0 Å². The first-order valence-corrected chi connectivity index (χ1v) is 6.35. The zero-order valence-electron chi connectivity index (χ0n) is 10.8. The first-order valence-electron chi connectivity index (χ1n) is 6.35. The van der Waals surface area contributed by atoms with Gasteiger partial charge < -0.3 is 5.32 Å². The minimum absolute atomic E-state index is 0.740. The molecule has 0 spiro atoms. The number of hydrogen-bond donors (Lipinski definition) is 1. The molecule has 0 saturated heterocycles. The minimum Gasteiger partial charge on any atom is -0.314 e. The van der Waals surface area contributed by atoms with Crippen LogP contribution in [0.1, 0.15) is 60.3 Å². The topological polar surface area (TPSA) is 12.0 Å². The fourth-order valence-electron chi connectivity index (χ4n) is 1.88. The Hall–Kier alpha value is -0.0400. The van der Waals surface area contributed by atoms with E-state index in [9.17, 15) is 0 Å². The van der Waals surface area contributed by atoms with Gasteiger partial charge in [-0.15, -0.1) is 0 Å². The monoisotopic (exact) mass is 199 g/mol. The van der Waals surface area contributed by atoms with Gasteiger partial charge in [-0.25, -0.2) is 0 Å². The largest absolute Gasteiger partial charge is 0.314 e. The highest BCUT2D eigenvalue weighted by Crippen LogP contribution is 2.15. The van der Waals surface area contributed by atoms with Crippen LogP contribution in [-0.2, 0) is 0 Å². The summed E-state index contributed by atoms with van der Waals surface area (Å²) < 4.78 is 0. The fourth-order valence-corrected chi connectivity index (χ4v) is 1.88. The average Bonchev–Trinajstić information content (AvgIpc) is 2.15. The lowest BCUT2D eigenvalue weighted by Crippen LogP contribution is -2.34. The molecule has 0 aromatic heterocycles. The average molecular weight is 199 g/mol. The molecule has 14 heavy (non-hydrogen) atoms. The second-order valence-electron chi connectivity index (χ2n) is 4.87. The SMILES string of the molecule is CCNC(CCCC(C)C)C(C)CC. The number of hydrogen-bond acceptors (Lipinski definition) is 1. The Morgan fingerprint density at radius 2 is 1.64 bits per heavy atom. The summed E-state index contributed by atoms with van der Waals surface area (Å²) in [6, 6.07) is 0.740. The molecule has 0 aromatic carbocycles. The lowest BCUT2D eigenvalue weighted by molar-refractivity contribution is 0.337. The first kappa shape index (κ1) is 14.0. The molecule has 1 heteroatoms. The normalized spacial score (nSPS) is 15.9. The Bertz CT molecular complexity index is 120. The molecule has 2 unspecified atom stereocenters. The third-order valence-corrected chi connectivity index (χ3v) is 3.09. The Kier molecular flexibility index (Phi) is 8.26. The molecule has 0 fully saturated rings. The molecular weight excluding hydrogens is 170 g/mol. The number of nitrogens with one attached hydrogen (secondary N) is 1. The molecule has 1 N–H and O–H groups in total. The summed E-state index contributed by atoms with van der Waals surface area (Å²) in [6.45, 7) is 12.6. The van der Waals surface area contributed by atoms with Crippen LogP contribution < -0.4 is 5.32 Å². The van der Waals surface area contributed by atoms with E-state index >= 15 is 0 Å². The van der Waals surface area contributed by atoms with Crippen LogP contribution in [0.2, 0.25) is 0 Å². The van der Waals surface area contributed by atoms with Crippen LogP contribution in [0.3, 0.4) is 0 Å². The van der Waals surface area contributed by atoms with E-state index in [1.54, 1.807) is 0 Å². The van der Waals surface area contributed by atoms with Crippen LogP contribution in [0.5, 0.6) is 0 Å². The summed E-state index contributed by atoms with van der Waals surface area (Å²) in [5.74, 6) is 1.68. The summed E-state index contributed by atoms with van der Waals surface area (Å²) in [6.07, 6.45) is 5.39. The zero-order chi connectivity index (χ0) is 11.0. The molecule has 0 heterocycles. The summed E-state index contributed by atoms with van der Waals surface area (Å²) in [4.78, 5) is 0. The van der Waals surface area contributed by atoms with Crippen LogP contribution in [0, 0.1) is 11.8 Å². The predicted molar refractivity (Wildman–Crippen MR) is 65.6 cm³/mol. The second kappa shape index (κ2) is 8.28. The van der Waals surface area contributed by atoms with E-state index in [2.05, 4.69) is 39.9 Å². The van der Waals surface area contributed by atoms with E-state index in [1.165, 1.54) is 25.7 Å². The molecular formula is C13H29N. The van der Waals surface area contributed by atoms with Crippen molar-refractivity contribution >= 4 is 0 Å². The molecule has 0 aliphatic heterocycles. The van der Waals surface area contributed by atoms with Gasteiger partial charge in [0.25, 0.3) is 0 Å². The maximum absolute atomic E-state index is 3.61. The fraction of sp³-hybridized carbons (Fsp3) is 1.00. The van der Waals surface area contributed by atoms with Gasteiger partial charge in [0, 0.05) is 6.04 Å². The Labute approximate surface area is 90.7 Å². The van der Waals surface area contributed by atoms with Gasteiger partial charge >= 0.3 is 0 Å². The number of rotatable bonds is 8. The van der Waals surface area contributed by atoms with E-state index in [0.717, 1.165) is 24.4 Å². The van der Waals surface area contributed by atoms with Crippen molar-refractivity contribution in [2.24, 2.45) is 11.8 Å². The Balaban J connectivity index is 3.72. The van der Waals surface area contributed by atoms with Crippen molar-refractivity contribution in [3.63, 3.8) is 0 Å². The highest BCUT2D eigenvalue weighted by Gasteiger charge is 2.13. The summed E-state index contributed by atoms with van der Waals surface area (Å²) >= 11 is 0. The molecule has 0 saturated carbocycles. The maximum Gasteiger partial charge on any atom is 0.00924 e. The van der Waals surface area contributed by atoms with Gasteiger partial charge in [0.05, 0.1) is 0 Å². The summed E-state index contributed by atoms with van der Waals surface area (Å²) in [7, 11) is 0. The molecule has 0 rings (SSSR count). The first-order chi connectivity index (χ1) is 6.61. The van der Waals surface area contributed by atoms with Crippen LogP contribution in [0.15, 0.2) is 0 Å². The molecule has 0 aliphatic carbocycles. The standard InChI is InChI=1S/C13H29N/c1-6-12(5)13(14-7-2)10-8-9-11(3)4/h11-14H,6-10H2,1-5H3. The summed E-state index contributed by atoms with van der Waals surface area (Å²) in [5.41, 5.74) is 0. The Morgan fingerprint density at radius 3 is 2.07 bits per heavy atom. The van der Waals surface area contributed by atoms with Gasteiger partial charge in [-0.1, -0.05) is 53.9 Å². The van der Waals surface area contributed by atoms with Crippen molar-refractivity contribution in [3.05, 3.63) is 0 Å². The predicted octanol–water partition coefficient (Wildman–Crippen LogP) is 3.84. The van der Waals surface area contributed by atoms with Crippen LogP contribution >= 0.6 is 0 Å². The van der Waals surface area contributed by atoms with Gasteiger partial charge in [-0.05, 0) is 24.8 Å². The molecule has 0 radical (unpaired) electrons. The Morgan fingerprint density at radius 1 is 1.00 bits per heavy atom. The van der Waals surface area contributed by atoms with E-state index in [0.29, 0.717) is 0 Å². The molecule has 0 aromatic rings. The van der Waals surface area contributed by atoms with E-state index < -0.39 is 0 Å². The zero-order valence-corrected chi connectivity index (χ0v) is 10.8. The smallest absolute Gasteiger partial charge is 0.00924 e. The molecule has 86 valence electrons. The van der Waals surface area contributed by atoms with E-state index in [1.807, 2.05) is 0 Å². The highest BCUT2D eigenvalue weighted by molar-refractivity contribution is 4.72. The third-order valence-electron chi connectivity index (χ3n) is 3.09. The van der Waals surface area contributed by atoms with Crippen molar-refractivity contribution in [3.8, 4) is 0 Å². The van der Waals surface area contributed by atoms with Gasteiger partial charge in [0.2, 0.25) is 0 Å². The van der Waals surface area contributed by atoms with Crippen LogP contribution in [0.4, 0.5) is 0 Å². The van der Waals surface area contributed by atoms with Gasteiger partial charge in [0.1, 0.15) is 0 Å². The molecule has 0 aliphatic rings. The van der Waals surface area contributed by atoms with Crippen LogP contribution in [-0.4, -0.2) is 12.6 Å². The van der Waals surface area contributed by atoms with Crippen molar-refractivity contribution < 1.29 is 0 Å².